The van der Waals surface area contributed by atoms with Gasteiger partial charge in [0.05, 0.1) is 12.7 Å². The first-order chi connectivity index (χ1) is 10.1. The van der Waals surface area contributed by atoms with Crippen LogP contribution in [-0.2, 0) is 17.8 Å². The molecule has 0 bridgehead atoms. The first-order valence-corrected chi connectivity index (χ1v) is 6.62. The van der Waals surface area contributed by atoms with E-state index in [-0.39, 0.29) is 11.8 Å². The predicted molar refractivity (Wildman–Crippen MR) is 72.3 cm³/mol. The van der Waals surface area contributed by atoms with Gasteiger partial charge in [0.2, 0.25) is 5.91 Å². The van der Waals surface area contributed by atoms with E-state index in [2.05, 4.69) is 15.6 Å². The van der Waals surface area contributed by atoms with Crippen LogP contribution >= 0.6 is 0 Å². The molecule has 1 atom stereocenters. The molecule has 7 heteroatoms. The minimum Gasteiger partial charge on any atom is -0.354 e. The molecule has 0 saturated carbocycles. The average molecular weight is 294 g/mol. The van der Waals surface area contributed by atoms with Crippen LogP contribution < -0.4 is 5.32 Å². The number of halogens is 2. The SMILES string of the molecule is CC(Cc1ccc(F)c(F)c1)C(=O)NCCn1ccnn1. The molecule has 1 amide bonds. The topological polar surface area (TPSA) is 59.8 Å². The fourth-order valence-corrected chi connectivity index (χ4v) is 1.93. The number of hydrogen-bond donors (Lipinski definition) is 1. The summed E-state index contributed by atoms with van der Waals surface area (Å²) < 4.78 is 27.5. The molecule has 1 aromatic heterocycles. The second-order valence-electron chi connectivity index (χ2n) is 4.81. The molecule has 1 N–H and O–H groups in total. The zero-order valence-electron chi connectivity index (χ0n) is 11.6. The Morgan fingerprint density at radius 2 is 2.19 bits per heavy atom. The fraction of sp³-hybridized carbons (Fsp3) is 0.357. The Morgan fingerprint density at radius 1 is 1.38 bits per heavy atom. The van der Waals surface area contributed by atoms with Gasteiger partial charge in [-0.2, -0.15) is 0 Å². The maximum absolute atomic E-state index is 13.1. The second-order valence-corrected chi connectivity index (χ2v) is 4.81. The van der Waals surface area contributed by atoms with Crippen molar-refractivity contribution in [1.29, 1.82) is 0 Å². The monoisotopic (exact) mass is 294 g/mol. The summed E-state index contributed by atoms with van der Waals surface area (Å²) in [6.45, 7) is 2.71. The first kappa shape index (κ1) is 15.1. The molecule has 1 unspecified atom stereocenters. The minimum atomic E-state index is -0.897. The van der Waals surface area contributed by atoms with Crippen LogP contribution in [0.1, 0.15) is 12.5 Å². The number of hydrogen-bond acceptors (Lipinski definition) is 3. The van der Waals surface area contributed by atoms with Gasteiger partial charge in [-0.05, 0) is 24.1 Å². The molecule has 21 heavy (non-hydrogen) atoms. The van der Waals surface area contributed by atoms with Crippen LogP contribution in [0.3, 0.4) is 0 Å². The van der Waals surface area contributed by atoms with Crippen LogP contribution in [0.2, 0.25) is 0 Å². The summed E-state index contributed by atoms with van der Waals surface area (Å²) in [6.07, 6.45) is 3.62. The highest BCUT2D eigenvalue weighted by molar-refractivity contribution is 5.78. The van der Waals surface area contributed by atoms with E-state index in [1.54, 1.807) is 24.0 Å². The van der Waals surface area contributed by atoms with Gasteiger partial charge >= 0.3 is 0 Å². The number of nitrogens with one attached hydrogen (secondary N) is 1. The quantitative estimate of drug-likeness (QED) is 0.879. The molecule has 1 heterocycles. The van der Waals surface area contributed by atoms with Crippen molar-refractivity contribution in [3.05, 3.63) is 47.8 Å². The van der Waals surface area contributed by atoms with Gasteiger partial charge in [-0.3, -0.25) is 9.48 Å². The Hall–Kier alpha value is -2.31. The van der Waals surface area contributed by atoms with E-state index in [9.17, 15) is 13.6 Å². The van der Waals surface area contributed by atoms with E-state index in [0.29, 0.717) is 25.1 Å². The summed E-state index contributed by atoms with van der Waals surface area (Å²) in [5.41, 5.74) is 0.591. The molecule has 0 fully saturated rings. The maximum atomic E-state index is 13.1. The van der Waals surface area contributed by atoms with Crippen LogP contribution in [-0.4, -0.2) is 27.4 Å². The normalized spacial score (nSPS) is 12.1. The van der Waals surface area contributed by atoms with Gasteiger partial charge < -0.3 is 5.32 Å². The molecule has 5 nitrogen and oxygen atoms in total. The Labute approximate surface area is 121 Å². The van der Waals surface area contributed by atoms with E-state index in [1.165, 1.54) is 6.07 Å². The summed E-state index contributed by atoms with van der Waals surface area (Å²) >= 11 is 0. The molecule has 0 spiro atoms. The Kier molecular flexibility index (Phi) is 4.97. The van der Waals surface area contributed by atoms with Crippen molar-refractivity contribution in [3.63, 3.8) is 0 Å². The Morgan fingerprint density at radius 3 is 2.86 bits per heavy atom. The summed E-state index contributed by atoms with van der Waals surface area (Å²) in [4.78, 5) is 11.9. The number of carbonyl (C=O) groups is 1. The number of nitrogens with zero attached hydrogens (tertiary/aromatic N) is 3. The van der Waals surface area contributed by atoms with E-state index in [0.717, 1.165) is 12.1 Å². The lowest BCUT2D eigenvalue weighted by Gasteiger charge is -2.12. The summed E-state index contributed by atoms with van der Waals surface area (Å²) in [7, 11) is 0. The Bertz CT molecular complexity index is 601. The highest BCUT2D eigenvalue weighted by Gasteiger charge is 2.14. The van der Waals surface area contributed by atoms with E-state index >= 15 is 0 Å². The van der Waals surface area contributed by atoms with Gasteiger partial charge in [0, 0.05) is 18.7 Å². The van der Waals surface area contributed by atoms with Crippen LogP contribution in [0.4, 0.5) is 8.78 Å². The number of benzene rings is 1. The Balaban J connectivity index is 1.80. The molecule has 0 aliphatic heterocycles. The first-order valence-electron chi connectivity index (χ1n) is 6.62. The smallest absolute Gasteiger partial charge is 0.223 e. The summed E-state index contributed by atoms with van der Waals surface area (Å²) in [5, 5.41) is 10.2. The van der Waals surface area contributed by atoms with Crippen molar-refractivity contribution in [2.45, 2.75) is 19.9 Å². The molecule has 0 aliphatic carbocycles. The molecule has 1 aromatic carbocycles. The van der Waals surface area contributed by atoms with Crippen molar-refractivity contribution in [3.8, 4) is 0 Å². The lowest BCUT2D eigenvalue weighted by atomic mass is 10.0. The standard InChI is InChI=1S/C14H16F2N4O/c1-10(8-11-2-3-12(15)13(16)9-11)14(21)17-4-6-20-7-5-18-19-20/h2-3,5,7,9-10H,4,6,8H2,1H3,(H,17,21). The lowest BCUT2D eigenvalue weighted by Crippen LogP contribution is -2.32. The van der Waals surface area contributed by atoms with Gasteiger partial charge in [-0.15, -0.1) is 5.10 Å². The molecular formula is C14H16F2N4O. The largest absolute Gasteiger partial charge is 0.354 e. The second kappa shape index (κ2) is 6.92. The van der Waals surface area contributed by atoms with Gasteiger partial charge in [0.1, 0.15) is 0 Å². The van der Waals surface area contributed by atoms with E-state index in [4.69, 9.17) is 0 Å². The molecule has 0 aliphatic rings. The van der Waals surface area contributed by atoms with Crippen LogP contribution in [0.15, 0.2) is 30.6 Å². The van der Waals surface area contributed by atoms with Crippen molar-refractivity contribution in [2.24, 2.45) is 5.92 Å². The fourth-order valence-electron chi connectivity index (χ4n) is 1.93. The minimum absolute atomic E-state index is 0.139. The van der Waals surface area contributed by atoms with Crippen molar-refractivity contribution in [1.82, 2.24) is 20.3 Å². The lowest BCUT2D eigenvalue weighted by molar-refractivity contribution is -0.124. The van der Waals surface area contributed by atoms with Gasteiger partial charge in [-0.1, -0.05) is 18.2 Å². The van der Waals surface area contributed by atoms with Gasteiger partial charge in [-0.25, -0.2) is 8.78 Å². The van der Waals surface area contributed by atoms with Crippen LogP contribution in [0.25, 0.3) is 0 Å². The number of amides is 1. The van der Waals surface area contributed by atoms with Crippen molar-refractivity contribution in [2.75, 3.05) is 6.54 Å². The molecule has 2 aromatic rings. The third-order valence-corrected chi connectivity index (χ3v) is 3.09. The molecule has 0 radical (unpaired) electrons. The third-order valence-electron chi connectivity index (χ3n) is 3.09. The summed E-state index contributed by atoms with van der Waals surface area (Å²) in [5.74, 6) is -2.25. The zero-order chi connectivity index (χ0) is 15.2. The number of aromatic nitrogens is 3. The zero-order valence-corrected chi connectivity index (χ0v) is 11.6. The third kappa shape index (κ3) is 4.34. The van der Waals surface area contributed by atoms with Gasteiger partial charge in [0.25, 0.3) is 0 Å². The van der Waals surface area contributed by atoms with E-state index in [1.807, 2.05) is 0 Å². The van der Waals surface area contributed by atoms with Crippen molar-refractivity contribution < 1.29 is 13.6 Å². The summed E-state index contributed by atoms with van der Waals surface area (Å²) in [6, 6.07) is 3.67. The van der Waals surface area contributed by atoms with E-state index < -0.39 is 11.6 Å². The van der Waals surface area contributed by atoms with Crippen LogP contribution in [0, 0.1) is 17.6 Å². The number of rotatable bonds is 6. The predicted octanol–water partition coefficient (Wildman–Crippen LogP) is 1.55. The average Bonchev–Trinajstić information content (AvgIpc) is 2.96. The molecule has 2 rings (SSSR count). The highest BCUT2D eigenvalue weighted by atomic mass is 19.2. The molecular weight excluding hydrogens is 278 g/mol. The highest BCUT2D eigenvalue weighted by Crippen LogP contribution is 2.13. The van der Waals surface area contributed by atoms with Crippen molar-refractivity contribution >= 4 is 5.91 Å². The number of carbonyl (C=O) groups excluding carboxylic acids is 1. The molecule has 112 valence electrons. The van der Waals surface area contributed by atoms with Gasteiger partial charge in [0.15, 0.2) is 11.6 Å². The maximum Gasteiger partial charge on any atom is 0.223 e. The van der Waals surface area contributed by atoms with Crippen LogP contribution in [0.5, 0.6) is 0 Å². The molecule has 0 saturated heterocycles.